The molecule has 0 aromatic carbocycles. The number of likely N-dealkylation sites (tertiary alicyclic amines) is 1. The fourth-order valence-electron chi connectivity index (χ4n) is 2.32. The maximum absolute atomic E-state index is 12.1. The smallest absolute Gasteiger partial charge is 0.249 e. The van der Waals surface area contributed by atoms with E-state index in [2.05, 4.69) is 4.98 Å². The summed E-state index contributed by atoms with van der Waals surface area (Å²) >= 11 is 0. The number of rotatable bonds is 6. The molecule has 1 atom stereocenters. The van der Waals surface area contributed by atoms with Gasteiger partial charge in [-0.15, -0.1) is 0 Å². The number of H-pyrrole nitrogens is 1. The molecule has 0 saturated carbocycles. The van der Waals surface area contributed by atoms with Crippen LogP contribution in [0.15, 0.2) is 18.3 Å². The summed E-state index contributed by atoms with van der Waals surface area (Å²) in [7, 11) is 1.62. The molecule has 1 aliphatic heterocycles. The summed E-state index contributed by atoms with van der Waals surface area (Å²) < 4.78 is 10.2. The van der Waals surface area contributed by atoms with E-state index in [4.69, 9.17) is 9.47 Å². The number of nitrogens with zero attached hydrogens (tertiary/aromatic N) is 1. The largest absolute Gasteiger partial charge is 0.382 e. The zero-order valence-corrected chi connectivity index (χ0v) is 10.7. The number of aromatic amines is 1. The molecule has 1 unspecified atom stereocenters. The van der Waals surface area contributed by atoms with Gasteiger partial charge < -0.3 is 19.4 Å². The van der Waals surface area contributed by atoms with E-state index in [1.54, 1.807) is 7.11 Å². The molecule has 0 radical (unpaired) electrons. The van der Waals surface area contributed by atoms with Gasteiger partial charge in [0.1, 0.15) is 6.61 Å². The summed E-state index contributed by atoms with van der Waals surface area (Å²) in [5.74, 6) is 0.0585. The first kappa shape index (κ1) is 13.1. The first-order chi connectivity index (χ1) is 8.83. The van der Waals surface area contributed by atoms with Crippen molar-refractivity contribution in [2.75, 3.05) is 33.5 Å². The van der Waals surface area contributed by atoms with Gasteiger partial charge in [-0.25, -0.2) is 0 Å². The van der Waals surface area contributed by atoms with Crippen LogP contribution >= 0.6 is 0 Å². The summed E-state index contributed by atoms with van der Waals surface area (Å²) in [5, 5.41) is 0. The van der Waals surface area contributed by atoms with Gasteiger partial charge in [0, 0.05) is 25.5 Å². The van der Waals surface area contributed by atoms with Crippen molar-refractivity contribution in [3.63, 3.8) is 0 Å². The lowest BCUT2D eigenvalue weighted by molar-refractivity contribution is -0.137. The Hall–Kier alpha value is -1.33. The number of aromatic nitrogens is 1. The van der Waals surface area contributed by atoms with E-state index < -0.39 is 0 Å². The first-order valence-electron chi connectivity index (χ1n) is 6.32. The van der Waals surface area contributed by atoms with Crippen LogP contribution in [0.3, 0.4) is 0 Å². The van der Waals surface area contributed by atoms with Crippen LogP contribution in [-0.2, 0) is 14.3 Å². The Morgan fingerprint density at radius 1 is 1.56 bits per heavy atom. The second kappa shape index (κ2) is 6.56. The van der Waals surface area contributed by atoms with Crippen molar-refractivity contribution < 1.29 is 14.3 Å². The fraction of sp³-hybridized carbons (Fsp3) is 0.615. The van der Waals surface area contributed by atoms with E-state index in [1.807, 2.05) is 23.2 Å². The minimum atomic E-state index is 0.0585. The highest BCUT2D eigenvalue weighted by molar-refractivity contribution is 5.78. The summed E-state index contributed by atoms with van der Waals surface area (Å²) in [5.41, 5.74) is 1.11. The Labute approximate surface area is 107 Å². The van der Waals surface area contributed by atoms with Crippen LogP contribution in [-0.4, -0.2) is 49.3 Å². The van der Waals surface area contributed by atoms with Gasteiger partial charge in [-0.1, -0.05) is 0 Å². The Morgan fingerprint density at radius 3 is 3.17 bits per heavy atom. The lowest BCUT2D eigenvalue weighted by Gasteiger charge is -2.24. The highest BCUT2D eigenvalue weighted by Gasteiger charge is 2.30. The van der Waals surface area contributed by atoms with Crippen LogP contribution in [0, 0.1) is 0 Å². The average Bonchev–Trinajstić information content (AvgIpc) is 3.02. The molecule has 1 saturated heterocycles. The Balaban J connectivity index is 1.85. The zero-order chi connectivity index (χ0) is 12.8. The van der Waals surface area contributed by atoms with Gasteiger partial charge in [0.05, 0.1) is 19.3 Å². The minimum Gasteiger partial charge on any atom is -0.382 e. The second-order valence-corrected chi connectivity index (χ2v) is 4.42. The molecule has 18 heavy (non-hydrogen) atoms. The topological polar surface area (TPSA) is 54.6 Å². The van der Waals surface area contributed by atoms with Gasteiger partial charge >= 0.3 is 0 Å². The van der Waals surface area contributed by atoms with Crippen LogP contribution < -0.4 is 0 Å². The van der Waals surface area contributed by atoms with Crippen LogP contribution in [0.4, 0.5) is 0 Å². The van der Waals surface area contributed by atoms with Crippen molar-refractivity contribution in [3.05, 3.63) is 24.0 Å². The molecule has 100 valence electrons. The van der Waals surface area contributed by atoms with Crippen molar-refractivity contribution in [1.29, 1.82) is 0 Å². The predicted octanol–water partition coefficient (Wildman–Crippen LogP) is 1.34. The lowest BCUT2D eigenvalue weighted by Crippen LogP contribution is -2.34. The number of ether oxygens (including phenoxy) is 2. The molecule has 1 aliphatic rings. The summed E-state index contributed by atoms with van der Waals surface area (Å²) in [6.45, 7) is 1.94. The quantitative estimate of drug-likeness (QED) is 0.777. The molecule has 1 aromatic heterocycles. The molecule has 1 fully saturated rings. The van der Waals surface area contributed by atoms with E-state index in [0.29, 0.717) is 13.2 Å². The normalized spacial score (nSPS) is 19.4. The molecule has 0 bridgehead atoms. The zero-order valence-electron chi connectivity index (χ0n) is 10.7. The monoisotopic (exact) mass is 252 g/mol. The van der Waals surface area contributed by atoms with E-state index in [9.17, 15) is 4.79 Å². The average molecular weight is 252 g/mol. The third-order valence-corrected chi connectivity index (χ3v) is 3.21. The number of methoxy groups -OCH3 is 1. The van der Waals surface area contributed by atoms with Crippen molar-refractivity contribution >= 4 is 5.91 Å². The fourth-order valence-corrected chi connectivity index (χ4v) is 2.32. The molecule has 2 rings (SSSR count). The van der Waals surface area contributed by atoms with Crippen molar-refractivity contribution in [3.8, 4) is 0 Å². The van der Waals surface area contributed by atoms with Crippen molar-refractivity contribution in [1.82, 2.24) is 9.88 Å². The van der Waals surface area contributed by atoms with Crippen LogP contribution in [0.25, 0.3) is 0 Å². The van der Waals surface area contributed by atoms with Gasteiger partial charge in [-0.05, 0) is 25.0 Å². The highest BCUT2D eigenvalue weighted by Crippen LogP contribution is 2.30. The molecule has 1 amide bonds. The first-order valence-corrected chi connectivity index (χ1v) is 6.32. The SMILES string of the molecule is COCCOCC(=O)N1CCCC1c1ccc[nH]1. The molecule has 0 aliphatic carbocycles. The Morgan fingerprint density at radius 2 is 2.44 bits per heavy atom. The number of amides is 1. The van der Waals surface area contributed by atoms with E-state index in [1.165, 1.54) is 0 Å². The highest BCUT2D eigenvalue weighted by atomic mass is 16.5. The molecule has 5 nitrogen and oxygen atoms in total. The molecule has 0 spiro atoms. The van der Waals surface area contributed by atoms with Crippen molar-refractivity contribution in [2.24, 2.45) is 0 Å². The van der Waals surface area contributed by atoms with E-state index in [0.717, 1.165) is 25.1 Å². The standard InChI is InChI=1S/C13H20N2O3/c1-17-8-9-18-10-13(16)15-7-3-5-12(15)11-4-2-6-14-11/h2,4,6,12,14H,3,5,7-10H2,1H3. The number of hydrogen-bond donors (Lipinski definition) is 1. The molecule has 1 aromatic rings. The number of nitrogens with one attached hydrogen (secondary N) is 1. The number of hydrogen-bond acceptors (Lipinski definition) is 3. The maximum atomic E-state index is 12.1. The maximum Gasteiger partial charge on any atom is 0.249 e. The molecule has 5 heteroatoms. The van der Waals surface area contributed by atoms with E-state index >= 15 is 0 Å². The third kappa shape index (κ3) is 3.11. The Kier molecular flexibility index (Phi) is 4.78. The summed E-state index contributed by atoms with van der Waals surface area (Å²) in [6, 6.07) is 4.17. The second-order valence-electron chi connectivity index (χ2n) is 4.42. The van der Waals surface area contributed by atoms with Crippen LogP contribution in [0.1, 0.15) is 24.6 Å². The minimum absolute atomic E-state index is 0.0585. The Bertz CT molecular complexity index is 364. The lowest BCUT2D eigenvalue weighted by atomic mass is 10.1. The number of carbonyl (C=O) groups excluding carboxylic acids is 1. The molecule has 2 heterocycles. The van der Waals surface area contributed by atoms with E-state index in [-0.39, 0.29) is 18.6 Å². The third-order valence-electron chi connectivity index (χ3n) is 3.21. The summed E-state index contributed by atoms with van der Waals surface area (Å²) in [6.07, 6.45) is 3.96. The van der Waals surface area contributed by atoms with Crippen LogP contribution in [0.2, 0.25) is 0 Å². The van der Waals surface area contributed by atoms with Crippen molar-refractivity contribution in [2.45, 2.75) is 18.9 Å². The van der Waals surface area contributed by atoms with Gasteiger partial charge in [0.2, 0.25) is 5.91 Å². The summed E-state index contributed by atoms with van der Waals surface area (Å²) in [4.78, 5) is 17.1. The van der Waals surface area contributed by atoms with Gasteiger partial charge in [0.15, 0.2) is 0 Å². The molecule has 1 N–H and O–H groups in total. The molecular weight excluding hydrogens is 232 g/mol. The van der Waals surface area contributed by atoms with Gasteiger partial charge in [-0.2, -0.15) is 0 Å². The van der Waals surface area contributed by atoms with Gasteiger partial charge in [-0.3, -0.25) is 4.79 Å². The predicted molar refractivity (Wildman–Crippen MR) is 67.2 cm³/mol. The molecular formula is C13H20N2O3. The van der Waals surface area contributed by atoms with Crippen LogP contribution in [0.5, 0.6) is 0 Å². The van der Waals surface area contributed by atoms with Gasteiger partial charge in [0.25, 0.3) is 0 Å². The number of carbonyl (C=O) groups is 1.